The SMILES string of the molecule is [B]c1cc(O)c(O)c(-c2c3ccccc3c(-c3cccc4oc5cc(-c6c(O)c([B])c(O)c(O)c6O)ccc5c34)c3ccccc23)c1O. The molecule has 7 N–H and O–H groups in total. The molecule has 228 valence electrons. The van der Waals surface area contributed by atoms with Gasteiger partial charge >= 0.3 is 0 Å². The van der Waals surface area contributed by atoms with Gasteiger partial charge in [-0.15, -0.1) is 0 Å². The second-order valence-corrected chi connectivity index (χ2v) is 11.6. The average Bonchev–Trinajstić information content (AvgIpc) is 3.47. The molecule has 48 heavy (non-hydrogen) atoms. The predicted molar refractivity (Wildman–Crippen MR) is 187 cm³/mol. The summed E-state index contributed by atoms with van der Waals surface area (Å²) < 4.78 is 6.30. The summed E-state index contributed by atoms with van der Waals surface area (Å²) in [5, 5.41) is 78.5. The third kappa shape index (κ3) is 3.92. The van der Waals surface area contributed by atoms with E-state index in [9.17, 15) is 35.7 Å². The van der Waals surface area contributed by atoms with Gasteiger partial charge in [0.15, 0.2) is 23.0 Å². The van der Waals surface area contributed by atoms with Gasteiger partial charge in [0.1, 0.15) is 38.4 Å². The maximum absolute atomic E-state index is 11.1. The van der Waals surface area contributed by atoms with Gasteiger partial charge in [0.05, 0.1) is 11.1 Å². The molecule has 0 aliphatic heterocycles. The number of hydrogen-bond donors (Lipinski definition) is 7. The molecule has 0 atom stereocenters. The van der Waals surface area contributed by atoms with Crippen LogP contribution < -0.4 is 10.9 Å². The lowest BCUT2D eigenvalue weighted by molar-refractivity contribution is 0.365. The first kappa shape index (κ1) is 29.0. The van der Waals surface area contributed by atoms with Gasteiger partial charge in [0, 0.05) is 16.3 Å². The highest BCUT2D eigenvalue weighted by atomic mass is 16.3. The average molecular weight is 628 g/mol. The van der Waals surface area contributed by atoms with Gasteiger partial charge in [-0.25, -0.2) is 0 Å². The third-order valence-corrected chi connectivity index (χ3v) is 8.95. The number of hydrogen-bond acceptors (Lipinski definition) is 8. The Morgan fingerprint density at radius 1 is 0.438 bits per heavy atom. The minimum absolute atomic E-state index is 0.0124. The number of benzene rings is 7. The van der Waals surface area contributed by atoms with Crippen LogP contribution in [0.4, 0.5) is 0 Å². The van der Waals surface area contributed by atoms with Crippen LogP contribution in [0.15, 0.2) is 95.4 Å². The number of fused-ring (bicyclic) bond motifs is 5. The number of phenolic OH excluding ortho intramolecular Hbond substituents is 7. The van der Waals surface area contributed by atoms with Crippen LogP contribution in [0.1, 0.15) is 0 Å². The van der Waals surface area contributed by atoms with Crippen molar-refractivity contribution in [2.45, 2.75) is 0 Å². The van der Waals surface area contributed by atoms with Crippen LogP contribution in [-0.4, -0.2) is 51.4 Å². The molecule has 8 aromatic rings. The van der Waals surface area contributed by atoms with E-state index >= 15 is 0 Å². The predicted octanol–water partition coefficient (Wildman–Crippen LogP) is 6.42. The molecule has 0 aliphatic rings. The Hall–Kier alpha value is -6.41. The minimum atomic E-state index is -0.857. The second-order valence-electron chi connectivity index (χ2n) is 11.6. The molecule has 0 spiro atoms. The van der Waals surface area contributed by atoms with E-state index in [-0.39, 0.29) is 27.9 Å². The summed E-state index contributed by atoms with van der Waals surface area (Å²) in [5.74, 6) is -4.33. The third-order valence-electron chi connectivity index (χ3n) is 8.95. The molecule has 10 heteroatoms. The molecular weight excluding hydrogens is 606 g/mol. The van der Waals surface area contributed by atoms with Crippen LogP contribution in [-0.2, 0) is 0 Å². The highest BCUT2D eigenvalue weighted by molar-refractivity contribution is 6.38. The number of furan rings is 1. The van der Waals surface area contributed by atoms with Crippen molar-refractivity contribution in [3.8, 4) is 73.6 Å². The fourth-order valence-corrected chi connectivity index (χ4v) is 6.77. The first-order chi connectivity index (χ1) is 23.1. The highest BCUT2D eigenvalue weighted by Gasteiger charge is 2.26. The lowest BCUT2D eigenvalue weighted by atomic mass is 9.82. The topological polar surface area (TPSA) is 155 Å². The van der Waals surface area contributed by atoms with Crippen LogP contribution in [0.2, 0.25) is 0 Å². The van der Waals surface area contributed by atoms with Crippen LogP contribution >= 0.6 is 0 Å². The zero-order valence-corrected chi connectivity index (χ0v) is 24.9. The number of rotatable bonds is 3. The Labute approximate surface area is 274 Å². The minimum Gasteiger partial charge on any atom is -0.508 e. The smallest absolute Gasteiger partial charge is 0.200 e. The van der Waals surface area contributed by atoms with Gasteiger partial charge in [0.25, 0.3) is 0 Å². The summed E-state index contributed by atoms with van der Waals surface area (Å²) in [5.41, 5.74) is 2.68. The Bertz CT molecular complexity index is 2570. The zero-order valence-electron chi connectivity index (χ0n) is 24.9. The van der Waals surface area contributed by atoms with Gasteiger partial charge in [-0.05, 0) is 68.0 Å². The fourth-order valence-electron chi connectivity index (χ4n) is 6.77. The van der Waals surface area contributed by atoms with Gasteiger partial charge in [-0.3, -0.25) is 0 Å². The van der Waals surface area contributed by atoms with Crippen LogP contribution in [0.3, 0.4) is 0 Å². The molecule has 0 saturated heterocycles. The van der Waals surface area contributed by atoms with Crippen molar-refractivity contribution < 1.29 is 40.2 Å². The molecule has 0 bridgehead atoms. The maximum Gasteiger partial charge on any atom is 0.200 e. The normalized spacial score (nSPS) is 11.7. The molecule has 0 amide bonds. The lowest BCUT2D eigenvalue weighted by Crippen LogP contribution is -2.05. The standard InChI is InChI=1S/C38H22B2O8/c39-23-15-24(41)34(43)31(33(23)42)30-19-8-3-1-6-17(19)28(18-7-2-4-9-20(18)30)22-10-5-11-25-29(22)21-13-12-16(14-26(21)48-25)27-35(44)32(40)37(46)38(47)36(27)45/h1-15,41-47H. The molecule has 8 rings (SSSR count). The van der Waals surface area contributed by atoms with Crippen molar-refractivity contribution in [1.82, 2.24) is 0 Å². The van der Waals surface area contributed by atoms with Crippen LogP contribution in [0.25, 0.3) is 76.9 Å². The number of phenols is 7. The van der Waals surface area contributed by atoms with E-state index in [1.807, 2.05) is 66.7 Å². The molecular formula is C38H22B2O8. The van der Waals surface area contributed by atoms with E-state index in [2.05, 4.69) is 0 Å². The Morgan fingerprint density at radius 2 is 1.06 bits per heavy atom. The van der Waals surface area contributed by atoms with Crippen molar-refractivity contribution in [2.75, 3.05) is 0 Å². The summed E-state index contributed by atoms with van der Waals surface area (Å²) in [6.07, 6.45) is 0. The van der Waals surface area contributed by atoms with Gasteiger partial charge in [-0.1, -0.05) is 72.2 Å². The Morgan fingerprint density at radius 3 is 1.71 bits per heavy atom. The van der Waals surface area contributed by atoms with E-state index in [0.717, 1.165) is 33.4 Å². The van der Waals surface area contributed by atoms with Gasteiger partial charge in [-0.2, -0.15) is 0 Å². The van der Waals surface area contributed by atoms with Crippen molar-refractivity contribution in [3.63, 3.8) is 0 Å². The van der Waals surface area contributed by atoms with Crippen molar-refractivity contribution in [1.29, 1.82) is 0 Å². The first-order valence-corrected chi connectivity index (χ1v) is 14.8. The van der Waals surface area contributed by atoms with E-state index < -0.39 is 40.0 Å². The molecule has 0 saturated carbocycles. The molecule has 0 unspecified atom stereocenters. The van der Waals surface area contributed by atoms with Crippen LogP contribution in [0.5, 0.6) is 40.2 Å². The van der Waals surface area contributed by atoms with Gasteiger partial charge in [0.2, 0.25) is 5.75 Å². The highest BCUT2D eigenvalue weighted by Crippen LogP contribution is 2.52. The summed E-state index contributed by atoms with van der Waals surface area (Å²) in [6.45, 7) is 0. The molecule has 4 radical (unpaired) electrons. The number of aromatic hydroxyl groups is 7. The fraction of sp³-hybridized carbons (Fsp3) is 0. The molecule has 1 aromatic heterocycles. The van der Waals surface area contributed by atoms with Crippen molar-refractivity contribution in [2.24, 2.45) is 0 Å². The quantitative estimate of drug-likeness (QED) is 0.0512. The maximum atomic E-state index is 11.1. The zero-order chi connectivity index (χ0) is 33.6. The Kier molecular flexibility index (Phi) is 6.23. The van der Waals surface area contributed by atoms with Gasteiger partial charge < -0.3 is 40.2 Å². The Balaban J connectivity index is 1.45. The summed E-state index contributed by atoms with van der Waals surface area (Å²) >= 11 is 0. The second kappa shape index (κ2) is 10.3. The molecule has 1 heterocycles. The summed E-state index contributed by atoms with van der Waals surface area (Å²) in [7, 11) is 11.8. The van der Waals surface area contributed by atoms with E-state index in [0.29, 0.717) is 32.9 Å². The first-order valence-electron chi connectivity index (χ1n) is 14.8. The summed E-state index contributed by atoms with van der Waals surface area (Å²) in [4.78, 5) is 0. The molecule has 0 aliphatic carbocycles. The monoisotopic (exact) mass is 628 g/mol. The largest absolute Gasteiger partial charge is 0.508 e. The van der Waals surface area contributed by atoms with E-state index in [1.165, 1.54) is 0 Å². The summed E-state index contributed by atoms with van der Waals surface area (Å²) in [6, 6.07) is 26.8. The van der Waals surface area contributed by atoms with Crippen LogP contribution in [0, 0.1) is 0 Å². The molecule has 8 nitrogen and oxygen atoms in total. The lowest BCUT2D eigenvalue weighted by Gasteiger charge is -2.20. The van der Waals surface area contributed by atoms with E-state index in [1.54, 1.807) is 18.2 Å². The van der Waals surface area contributed by atoms with Crippen molar-refractivity contribution in [3.05, 3.63) is 91.0 Å². The van der Waals surface area contributed by atoms with E-state index in [4.69, 9.17) is 20.1 Å². The molecule has 0 fully saturated rings. The van der Waals surface area contributed by atoms with Crippen molar-refractivity contribution >= 4 is 70.1 Å². The molecule has 7 aromatic carbocycles.